The molecule has 1 atom stereocenters. The number of rotatable bonds is 7. The molecule has 1 amide bonds. The molecule has 0 aliphatic rings. The Morgan fingerprint density at radius 1 is 1.21 bits per heavy atom. The number of nitrogens with one attached hydrogen (secondary N) is 1. The molecule has 2 heterocycles. The van der Waals surface area contributed by atoms with Crippen molar-refractivity contribution in [1.82, 2.24) is 9.55 Å². The van der Waals surface area contributed by atoms with Gasteiger partial charge in [0.05, 0.1) is 22.4 Å². The lowest BCUT2D eigenvalue weighted by Gasteiger charge is -2.19. The van der Waals surface area contributed by atoms with Crippen molar-refractivity contribution in [3.05, 3.63) is 76.4 Å². The van der Waals surface area contributed by atoms with Crippen LogP contribution >= 0.6 is 11.3 Å². The van der Waals surface area contributed by atoms with E-state index in [0.717, 1.165) is 23.0 Å². The third kappa shape index (κ3) is 4.60. The van der Waals surface area contributed by atoms with E-state index >= 15 is 0 Å². The van der Waals surface area contributed by atoms with E-state index in [1.807, 2.05) is 12.1 Å². The van der Waals surface area contributed by atoms with E-state index in [-0.39, 0.29) is 28.4 Å². The first kappa shape index (κ1) is 23.3. The Hall–Kier alpha value is -3.86. The highest BCUT2D eigenvalue weighted by Crippen LogP contribution is 2.39. The van der Waals surface area contributed by atoms with Crippen LogP contribution in [0.3, 0.4) is 0 Å². The van der Waals surface area contributed by atoms with E-state index in [9.17, 15) is 18.0 Å². The number of halogens is 3. The molecule has 0 unspecified atom stereocenters. The molecule has 0 aliphatic carbocycles. The van der Waals surface area contributed by atoms with Crippen LogP contribution in [0.5, 0.6) is 5.75 Å². The molecule has 4 rings (SSSR count). The molecule has 0 saturated carbocycles. The summed E-state index contributed by atoms with van der Waals surface area (Å²) in [7, 11) is 0. The standard InChI is InChI=1S/C23H20F3N5O2S/c1-12(14-4-2-3-5-15(14)23(24,25)26)33-18-10-20(34-21(18)22(29)32)31-11-30-16-7-6-13(8-17(16)31)9-19(27)28/h2-8,10-12H,9H2,1H3,(H3,27,28)(H2,29,32)/t12-/m1/s1. The zero-order chi connectivity index (χ0) is 24.6. The molecule has 0 spiro atoms. The fourth-order valence-electron chi connectivity index (χ4n) is 3.66. The van der Waals surface area contributed by atoms with Crippen molar-refractivity contribution in [2.24, 2.45) is 11.5 Å². The van der Waals surface area contributed by atoms with E-state index in [1.54, 1.807) is 23.0 Å². The number of primary amides is 1. The van der Waals surface area contributed by atoms with Crippen LogP contribution in [-0.4, -0.2) is 21.3 Å². The van der Waals surface area contributed by atoms with Crippen LogP contribution in [0, 0.1) is 5.41 Å². The summed E-state index contributed by atoms with van der Waals surface area (Å²) in [6.07, 6.45) is -3.72. The zero-order valence-electron chi connectivity index (χ0n) is 17.9. The summed E-state index contributed by atoms with van der Waals surface area (Å²) in [5.74, 6) is -0.663. The van der Waals surface area contributed by atoms with Crippen LogP contribution in [0.2, 0.25) is 0 Å². The summed E-state index contributed by atoms with van der Waals surface area (Å²) in [6.45, 7) is 1.48. The van der Waals surface area contributed by atoms with E-state index < -0.39 is 23.8 Å². The summed E-state index contributed by atoms with van der Waals surface area (Å²) in [5.41, 5.74) is 12.4. The molecule has 5 N–H and O–H groups in total. The van der Waals surface area contributed by atoms with Gasteiger partial charge in [-0.15, -0.1) is 11.3 Å². The van der Waals surface area contributed by atoms with Gasteiger partial charge in [0, 0.05) is 18.1 Å². The second-order valence-electron chi connectivity index (χ2n) is 7.63. The number of carbonyl (C=O) groups excluding carboxylic acids is 1. The molecule has 2 aromatic heterocycles. The minimum Gasteiger partial charge on any atom is -0.484 e. The van der Waals surface area contributed by atoms with Gasteiger partial charge in [-0.3, -0.25) is 14.8 Å². The fraction of sp³-hybridized carbons (Fsp3) is 0.174. The van der Waals surface area contributed by atoms with Crippen molar-refractivity contribution >= 4 is 34.1 Å². The average molecular weight is 488 g/mol. The number of amides is 1. The van der Waals surface area contributed by atoms with Crippen LogP contribution in [-0.2, 0) is 12.6 Å². The maximum absolute atomic E-state index is 13.4. The third-order valence-electron chi connectivity index (χ3n) is 5.16. The largest absolute Gasteiger partial charge is 0.484 e. The number of imidazole rings is 1. The van der Waals surface area contributed by atoms with Crippen LogP contribution in [0.15, 0.2) is 54.9 Å². The Morgan fingerprint density at radius 3 is 2.62 bits per heavy atom. The highest BCUT2D eigenvalue weighted by molar-refractivity contribution is 7.16. The summed E-state index contributed by atoms with van der Waals surface area (Å²) in [5, 5.41) is 8.05. The van der Waals surface area contributed by atoms with Gasteiger partial charge in [0.15, 0.2) is 0 Å². The Bertz CT molecular complexity index is 1390. The monoisotopic (exact) mass is 487 g/mol. The molecule has 2 aromatic carbocycles. The average Bonchev–Trinajstić information content (AvgIpc) is 3.36. The van der Waals surface area contributed by atoms with Gasteiger partial charge in [-0.1, -0.05) is 24.3 Å². The SMILES string of the molecule is C[C@@H](Oc1cc(-n2cnc3ccc(CC(=N)N)cc32)sc1C(N)=O)c1ccccc1C(F)(F)F. The van der Waals surface area contributed by atoms with E-state index in [1.165, 1.54) is 25.1 Å². The zero-order valence-corrected chi connectivity index (χ0v) is 18.7. The van der Waals surface area contributed by atoms with Gasteiger partial charge < -0.3 is 16.2 Å². The van der Waals surface area contributed by atoms with Gasteiger partial charge in [0.25, 0.3) is 5.91 Å². The minimum absolute atomic E-state index is 0.0152. The molecule has 0 bridgehead atoms. The second kappa shape index (κ2) is 8.82. The molecule has 0 fully saturated rings. The molecule has 0 aliphatic heterocycles. The highest BCUT2D eigenvalue weighted by atomic mass is 32.1. The lowest BCUT2D eigenvalue weighted by atomic mass is 10.0. The lowest BCUT2D eigenvalue weighted by Crippen LogP contribution is -2.15. The number of fused-ring (bicyclic) bond motifs is 1. The van der Waals surface area contributed by atoms with Gasteiger partial charge in [0.2, 0.25) is 0 Å². The number of benzene rings is 2. The van der Waals surface area contributed by atoms with E-state index in [0.29, 0.717) is 16.0 Å². The number of hydrogen-bond acceptors (Lipinski definition) is 5. The molecule has 34 heavy (non-hydrogen) atoms. The molecule has 7 nitrogen and oxygen atoms in total. The molecular weight excluding hydrogens is 467 g/mol. The number of amidine groups is 1. The number of alkyl halides is 3. The third-order valence-corrected chi connectivity index (χ3v) is 6.29. The normalized spacial score (nSPS) is 12.6. The Balaban J connectivity index is 1.73. The van der Waals surface area contributed by atoms with Crippen molar-refractivity contribution < 1.29 is 22.7 Å². The number of nitrogens with two attached hydrogens (primary N) is 2. The van der Waals surface area contributed by atoms with Crippen molar-refractivity contribution in [1.29, 1.82) is 5.41 Å². The van der Waals surface area contributed by atoms with Crippen LogP contribution in [0.1, 0.15) is 39.4 Å². The highest BCUT2D eigenvalue weighted by Gasteiger charge is 2.35. The van der Waals surface area contributed by atoms with Gasteiger partial charge in [-0.2, -0.15) is 13.2 Å². The second-order valence-corrected chi connectivity index (χ2v) is 8.66. The smallest absolute Gasteiger partial charge is 0.416 e. The number of carbonyl (C=O) groups is 1. The van der Waals surface area contributed by atoms with Gasteiger partial charge in [0.1, 0.15) is 28.1 Å². The first-order valence-electron chi connectivity index (χ1n) is 10.1. The number of thiophene rings is 1. The lowest BCUT2D eigenvalue weighted by molar-refractivity contribution is -0.138. The number of ether oxygens (including phenoxy) is 1. The van der Waals surface area contributed by atoms with Crippen LogP contribution in [0.4, 0.5) is 13.2 Å². The van der Waals surface area contributed by atoms with E-state index in [2.05, 4.69) is 4.98 Å². The first-order valence-corrected chi connectivity index (χ1v) is 10.9. The van der Waals surface area contributed by atoms with Gasteiger partial charge >= 0.3 is 6.18 Å². The van der Waals surface area contributed by atoms with Crippen molar-refractivity contribution in [3.8, 4) is 10.8 Å². The predicted octanol–water partition coefficient (Wildman–Crippen LogP) is 4.82. The maximum atomic E-state index is 13.4. The van der Waals surface area contributed by atoms with Crippen LogP contribution in [0.25, 0.3) is 16.0 Å². The number of hydrogen-bond donors (Lipinski definition) is 3. The van der Waals surface area contributed by atoms with Gasteiger partial charge in [-0.05, 0) is 30.7 Å². The number of aromatic nitrogens is 2. The summed E-state index contributed by atoms with van der Waals surface area (Å²) in [6, 6.07) is 12.1. The maximum Gasteiger partial charge on any atom is 0.416 e. The quantitative estimate of drug-likeness (QED) is 0.256. The number of nitrogens with zero attached hydrogens (tertiary/aromatic N) is 2. The predicted molar refractivity (Wildman–Crippen MR) is 124 cm³/mol. The summed E-state index contributed by atoms with van der Waals surface area (Å²) in [4.78, 5) is 16.5. The molecule has 0 radical (unpaired) electrons. The Labute approximate surface area is 196 Å². The Kier molecular flexibility index (Phi) is 6.05. The van der Waals surface area contributed by atoms with E-state index in [4.69, 9.17) is 21.6 Å². The molecule has 11 heteroatoms. The van der Waals surface area contributed by atoms with Crippen molar-refractivity contribution in [3.63, 3.8) is 0 Å². The van der Waals surface area contributed by atoms with Crippen molar-refractivity contribution in [2.75, 3.05) is 0 Å². The van der Waals surface area contributed by atoms with Crippen LogP contribution < -0.4 is 16.2 Å². The van der Waals surface area contributed by atoms with Gasteiger partial charge in [-0.25, -0.2) is 4.98 Å². The first-order chi connectivity index (χ1) is 16.0. The topological polar surface area (TPSA) is 120 Å². The molecule has 4 aromatic rings. The van der Waals surface area contributed by atoms with Crippen molar-refractivity contribution in [2.45, 2.75) is 25.6 Å². The summed E-state index contributed by atoms with van der Waals surface area (Å²) >= 11 is 1.04. The fourth-order valence-corrected chi connectivity index (χ4v) is 4.59. The summed E-state index contributed by atoms with van der Waals surface area (Å²) < 4.78 is 47.9. The molecule has 176 valence electrons. The molecule has 0 saturated heterocycles. The Morgan fingerprint density at radius 2 is 1.94 bits per heavy atom. The minimum atomic E-state index is -4.55. The molecular formula is C23H20F3N5O2S.